The number of hydrogen-bond acceptors (Lipinski definition) is 4. The Labute approximate surface area is 160 Å². The van der Waals surface area contributed by atoms with E-state index in [1.54, 1.807) is 36.4 Å². The molecule has 0 saturated heterocycles. The second-order valence-corrected chi connectivity index (χ2v) is 6.48. The number of carboxylic acid groups (broad SMARTS) is 1. The molecule has 3 aromatic rings. The molecular weight excluding hydrogens is 367 g/mol. The maximum Gasteiger partial charge on any atom is 0.337 e. The van der Waals surface area contributed by atoms with E-state index in [2.05, 4.69) is 0 Å². The Morgan fingerprint density at radius 2 is 1.74 bits per heavy atom. The molecule has 2 aromatic carbocycles. The van der Waals surface area contributed by atoms with Crippen LogP contribution in [0.1, 0.15) is 10.4 Å². The van der Waals surface area contributed by atoms with Crippen LogP contribution in [-0.2, 0) is 4.79 Å². The highest BCUT2D eigenvalue weighted by atomic mass is 32.1. The van der Waals surface area contributed by atoms with Crippen LogP contribution in [0.25, 0.3) is 11.6 Å². The molecule has 0 saturated carbocycles. The van der Waals surface area contributed by atoms with Gasteiger partial charge in [-0.2, -0.15) is 0 Å². The van der Waals surface area contributed by atoms with Crippen molar-refractivity contribution >= 4 is 29.0 Å². The summed E-state index contributed by atoms with van der Waals surface area (Å²) < 4.78 is 24.1. The van der Waals surface area contributed by atoms with Crippen molar-refractivity contribution in [2.75, 3.05) is 13.2 Å². The molecule has 4 nitrogen and oxygen atoms in total. The van der Waals surface area contributed by atoms with Crippen molar-refractivity contribution in [3.63, 3.8) is 0 Å². The summed E-state index contributed by atoms with van der Waals surface area (Å²) in [6, 6.07) is 16.5. The van der Waals surface area contributed by atoms with Crippen molar-refractivity contribution < 1.29 is 23.8 Å². The number of carbonyl (C=O) groups is 1. The molecule has 0 radical (unpaired) electrons. The summed E-state index contributed by atoms with van der Waals surface area (Å²) in [5.74, 6) is -0.194. The molecule has 138 valence electrons. The first-order valence-electron chi connectivity index (χ1n) is 8.22. The van der Waals surface area contributed by atoms with Crippen LogP contribution in [0.4, 0.5) is 4.39 Å². The van der Waals surface area contributed by atoms with Crippen molar-refractivity contribution in [1.29, 1.82) is 0 Å². The number of hydrogen-bond donors (Lipinski definition) is 1. The van der Waals surface area contributed by atoms with E-state index in [0.717, 1.165) is 0 Å². The maximum atomic E-state index is 12.9. The van der Waals surface area contributed by atoms with Gasteiger partial charge in [-0.05, 0) is 47.9 Å². The lowest BCUT2D eigenvalue weighted by Gasteiger charge is -2.11. The third-order valence-electron chi connectivity index (χ3n) is 3.66. The monoisotopic (exact) mass is 384 g/mol. The van der Waals surface area contributed by atoms with E-state index >= 15 is 0 Å². The molecule has 0 atom stereocenters. The number of halogens is 1. The van der Waals surface area contributed by atoms with Gasteiger partial charge >= 0.3 is 5.97 Å². The zero-order valence-electron chi connectivity index (χ0n) is 14.3. The number of thiophene rings is 1. The summed E-state index contributed by atoms with van der Waals surface area (Å²) in [6.45, 7) is 0.546. The van der Waals surface area contributed by atoms with E-state index in [4.69, 9.17) is 9.47 Å². The second-order valence-electron chi connectivity index (χ2n) is 5.53. The third kappa shape index (κ3) is 5.18. The molecule has 1 aromatic heterocycles. The summed E-state index contributed by atoms with van der Waals surface area (Å²) in [6.07, 6.45) is 1.60. The van der Waals surface area contributed by atoms with Gasteiger partial charge in [0.25, 0.3) is 0 Å². The molecule has 0 fully saturated rings. The van der Waals surface area contributed by atoms with Gasteiger partial charge in [0.1, 0.15) is 30.5 Å². The predicted octanol–water partition coefficient (Wildman–Crippen LogP) is 4.97. The first-order chi connectivity index (χ1) is 13.1. The maximum absolute atomic E-state index is 12.9. The molecule has 1 heterocycles. The van der Waals surface area contributed by atoms with Crippen LogP contribution in [0, 0.1) is 5.82 Å². The van der Waals surface area contributed by atoms with Gasteiger partial charge in [-0.25, -0.2) is 9.18 Å². The Morgan fingerprint density at radius 1 is 1.00 bits per heavy atom. The number of benzene rings is 2. The van der Waals surface area contributed by atoms with Crippen LogP contribution in [0.3, 0.4) is 0 Å². The molecule has 0 aliphatic rings. The largest absolute Gasteiger partial charge is 0.490 e. The minimum Gasteiger partial charge on any atom is -0.490 e. The Balaban J connectivity index is 1.67. The minimum atomic E-state index is -0.994. The van der Waals surface area contributed by atoms with Gasteiger partial charge in [0.05, 0.1) is 5.57 Å². The summed E-state index contributed by atoms with van der Waals surface area (Å²) >= 11 is 1.37. The van der Waals surface area contributed by atoms with Crippen LogP contribution < -0.4 is 9.47 Å². The lowest BCUT2D eigenvalue weighted by Crippen LogP contribution is -2.09. The fourth-order valence-corrected chi connectivity index (χ4v) is 3.13. The third-order valence-corrected chi connectivity index (χ3v) is 4.56. The Bertz CT molecular complexity index is 918. The van der Waals surface area contributed by atoms with Gasteiger partial charge in [-0.15, -0.1) is 11.3 Å². The zero-order chi connectivity index (χ0) is 19.1. The summed E-state index contributed by atoms with van der Waals surface area (Å²) in [7, 11) is 0. The molecule has 27 heavy (non-hydrogen) atoms. The lowest BCUT2D eigenvalue weighted by molar-refractivity contribution is -0.130. The summed E-state index contributed by atoms with van der Waals surface area (Å²) in [5.41, 5.74) is 0.883. The Kier molecular flexibility index (Phi) is 6.22. The summed E-state index contributed by atoms with van der Waals surface area (Å²) in [4.78, 5) is 12.3. The van der Waals surface area contributed by atoms with Gasteiger partial charge in [-0.1, -0.05) is 24.3 Å². The number of aliphatic carboxylic acids is 1. The molecule has 0 spiro atoms. The van der Waals surface area contributed by atoms with Crippen molar-refractivity contribution in [1.82, 2.24) is 0 Å². The van der Waals surface area contributed by atoms with Gasteiger partial charge in [0.2, 0.25) is 0 Å². The van der Waals surface area contributed by atoms with Crippen LogP contribution in [0.15, 0.2) is 66.0 Å². The first kappa shape index (κ1) is 18.7. The van der Waals surface area contributed by atoms with E-state index in [9.17, 15) is 14.3 Å². The Hall–Kier alpha value is -3.12. The molecule has 0 amide bonds. The summed E-state index contributed by atoms with van der Waals surface area (Å²) in [5, 5.41) is 11.3. The van der Waals surface area contributed by atoms with Crippen molar-refractivity contribution in [2.24, 2.45) is 0 Å². The zero-order valence-corrected chi connectivity index (χ0v) is 15.1. The fourth-order valence-electron chi connectivity index (χ4n) is 2.40. The fraction of sp³-hybridized carbons (Fsp3) is 0.0952. The number of carboxylic acids is 1. The van der Waals surface area contributed by atoms with Gasteiger partial charge in [0, 0.05) is 10.4 Å². The van der Waals surface area contributed by atoms with E-state index in [1.807, 2.05) is 23.6 Å². The van der Waals surface area contributed by atoms with E-state index in [1.165, 1.54) is 23.5 Å². The highest BCUT2D eigenvalue weighted by molar-refractivity contribution is 7.11. The van der Waals surface area contributed by atoms with Crippen molar-refractivity contribution in [3.05, 3.63) is 82.3 Å². The highest BCUT2D eigenvalue weighted by Crippen LogP contribution is 2.27. The number of rotatable bonds is 8. The SMILES string of the molecule is O=C(O)/C(=C\c1ccccc1OCCOc1ccc(F)cc1)c1cccs1. The number of ether oxygens (including phenoxy) is 2. The molecular formula is C21H17FO4S. The lowest BCUT2D eigenvalue weighted by atomic mass is 10.1. The van der Waals surface area contributed by atoms with Crippen LogP contribution in [0.5, 0.6) is 11.5 Å². The highest BCUT2D eigenvalue weighted by Gasteiger charge is 2.13. The Morgan fingerprint density at radius 3 is 2.44 bits per heavy atom. The van der Waals surface area contributed by atoms with Crippen LogP contribution in [-0.4, -0.2) is 24.3 Å². The van der Waals surface area contributed by atoms with E-state index < -0.39 is 5.97 Å². The normalized spacial score (nSPS) is 11.2. The van der Waals surface area contributed by atoms with E-state index in [-0.39, 0.29) is 24.6 Å². The predicted molar refractivity (Wildman–Crippen MR) is 104 cm³/mol. The first-order valence-corrected chi connectivity index (χ1v) is 9.10. The molecule has 0 aliphatic heterocycles. The molecule has 1 N–H and O–H groups in total. The molecule has 0 aliphatic carbocycles. The molecule has 6 heteroatoms. The average Bonchev–Trinajstić information content (AvgIpc) is 3.19. The average molecular weight is 384 g/mol. The molecule has 3 rings (SSSR count). The smallest absolute Gasteiger partial charge is 0.337 e. The quantitative estimate of drug-likeness (QED) is 0.440. The van der Waals surface area contributed by atoms with Crippen molar-refractivity contribution in [3.8, 4) is 11.5 Å². The van der Waals surface area contributed by atoms with Gasteiger partial charge < -0.3 is 14.6 Å². The van der Waals surface area contributed by atoms with Crippen LogP contribution in [0.2, 0.25) is 0 Å². The van der Waals surface area contributed by atoms with Crippen molar-refractivity contribution in [2.45, 2.75) is 0 Å². The standard InChI is InChI=1S/C21H17FO4S/c22-16-7-9-17(10-8-16)25-11-12-26-19-5-2-1-4-15(19)14-18(21(23)24)20-6-3-13-27-20/h1-10,13-14H,11-12H2,(H,23,24)/b18-14-. The number of para-hydroxylation sites is 1. The second kappa shape index (κ2) is 9.00. The van der Waals surface area contributed by atoms with Gasteiger partial charge in [0.15, 0.2) is 0 Å². The topological polar surface area (TPSA) is 55.8 Å². The minimum absolute atomic E-state index is 0.212. The van der Waals surface area contributed by atoms with Crippen LogP contribution >= 0.6 is 11.3 Å². The molecule has 0 unspecified atom stereocenters. The van der Waals surface area contributed by atoms with Gasteiger partial charge in [-0.3, -0.25) is 0 Å². The van der Waals surface area contributed by atoms with E-state index in [0.29, 0.717) is 21.9 Å². The molecule has 0 bridgehead atoms.